The summed E-state index contributed by atoms with van der Waals surface area (Å²) in [5, 5.41) is 0.511. The Morgan fingerprint density at radius 1 is 0.889 bits per heavy atom. The van der Waals surface area contributed by atoms with Gasteiger partial charge in [-0.05, 0) is 36.4 Å². The Morgan fingerprint density at radius 3 is 2.19 bits per heavy atom. The minimum atomic E-state index is -0.128. The number of benzene rings is 2. The number of carbonyl (C=O) groups is 2. The van der Waals surface area contributed by atoms with Gasteiger partial charge in [0, 0.05) is 36.8 Å². The van der Waals surface area contributed by atoms with Crippen LogP contribution in [0.1, 0.15) is 20.7 Å². The third kappa shape index (κ3) is 4.17. The van der Waals surface area contributed by atoms with Crippen LogP contribution in [-0.2, 0) is 0 Å². The first kappa shape index (κ1) is 19.0. The molecule has 0 saturated carbocycles. The maximum Gasteiger partial charge on any atom is 0.257 e. The van der Waals surface area contributed by atoms with E-state index in [2.05, 4.69) is 0 Å². The zero-order valence-electron chi connectivity index (χ0n) is 15.3. The zero-order valence-corrected chi connectivity index (χ0v) is 16.0. The summed E-state index contributed by atoms with van der Waals surface area (Å²) in [6.07, 6.45) is 0. The fourth-order valence-electron chi connectivity index (χ4n) is 3.06. The molecule has 1 saturated heterocycles. The lowest BCUT2D eigenvalue weighted by atomic mass is 10.1. The predicted octanol–water partition coefficient (Wildman–Crippen LogP) is 2.96. The van der Waals surface area contributed by atoms with Gasteiger partial charge in [-0.25, -0.2) is 0 Å². The first-order valence-corrected chi connectivity index (χ1v) is 8.97. The number of hydrogen-bond donors (Lipinski definition) is 0. The summed E-state index contributed by atoms with van der Waals surface area (Å²) < 4.78 is 10.4. The number of rotatable bonds is 4. The Morgan fingerprint density at radius 2 is 1.56 bits per heavy atom. The molecule has 2 aromatic rings. The van der Waals surface area contributed by atoms with Crippen molar-refractivity contribution in [2.45, 2.75) is 0 Å². The fourth-order valence-corrected chi connectivity index (χ4v) is 3.23. The second-order valence-corrected chi connectivity index (χ2v) is 6.60. The summed E-state index contributed by atoms with van der Waals surface area (Å²) in [7, 11) is 3.08. The molecule has 27 heavy (non-hydrogen) atoms. The zero-order chi connectivity index (χ0) is 19.4. The van der Waals surface area contributed by atoms with E-state index in [1.807, 2.05) is 0 Å². The van der Waals surface area contributed by atoms with Crippen LogP contribution in [-0.4, -0.2) is 62.0 Å². The molecule has 7 heteroatoms. The topological polar surface area (TPSA) is 59.1 Å². The first-order valence-electron chi connectivity index (χ1n) is 8.59. The number of methoxy groups -OCH3 is 2. The molecule has 2 aromatic carbocycles. The van der Waals surface area contributed by atoms with Gasteiger partial charge in [-0.3, -0.25) is 9.59 Å². The molecule has 3 rings (SSSR count). The Balaban J connectivity index is 1.66. The fraction of sp³-hybridized carbons (Fsp3) is 0.300. The number of carbonyl (C=O) groups excluding carboxylic acids is 2. The van der Waals surface area contributed by atoms with Gasteiger partial charge in [-0.2, -0.15) is 0 Å². The van der Waals surface area contributed by atoms with Crippen molar-refractivity contribution in [3.8, 4) is 11.5 Å². The Labute approximate surface area is 163 Å². The quantitative estimate of drug-likeness (QED) is 0.808. The maximum absolute atomic E-state index is 12.8. The highest BCUT2D eigenvalue weighted by Crippen LogP contribution is 2.25. The van der Waals surface area contributed by atoms with Gasteiger partial charge in [0.05, 0.1) is 19.8 Å². The number of nitrogens with zero attached hydrogens (tertiary/aromatic N) is 2. The van der Waals surface area contributed by atoms with E-state index in [-0.39, 0.29) is 11.8 Å². The van der Waals surface area contributed by atoms with Crippen LogP contribution in [0.15, 0.2) is 42.5 Å². The van der Waals surface area contributed by atoms with Crippen molar-refractivity contribution in [1.82, 2.24) is 9.80 Å². The lowest BCUT2D eigenvalue weighted by Crippen LogP contribution is -2.50. The normalized spacial score (nSPS) is 14.0. The summed E-state index contributed by atoms with van der Waals surface area (Å²) in [5.41, 5.74) is 1.04. The lowest BCUT2D eigenvalue weighted by molar-refractivity contribution is 0.0533. The monoisotopic (exact) mass is 388 g/mol. The summed E-state index contributed by atoms with van der Waals surface area (Å²) in [6.45, 7) is 1.86. The molecule has 0 spiro atoms. The summed E-state index contributed by atoms with van der Waals surface area (Å²) in [6, 6.07) is 12.0. The van der Waals surface area contributed by atoms with Gasteiger partial charge < -0.3 is 19.3 Å². The molecule has 1 aliphatic heterocycles. The average Bonchev–Trinajstić information content (AvgIpc) is 2.72. The molecule has 0 radical (unpaired) electrons. The van der Waals surface area contributed by atoms with E-state index in [9.17, 15) is 9.59 Å². The SMILES string of the molecule is COc1cccc(C(=O)N2CCN(C(=O)c3ccc(Cl)cc3OC)CC2)c1. The molecule has 0 unspecified atom stereocenters. The van der Waals surface area contributed by atoms with E-state index in [0.29, 0.717) is 53.8 Å². The van der Waals surface area contributed by atoms with Gasteiger partial charge in [0.1, 0.15) is 11.5 Å². The third-order valence-electron chi connectivity index (χ3n) is 4.56. The van der Waals surface area contributed by atoms with Crippen LogP contribution in [0.5, 0.6) is 11.5 Å². The molecule has 0 N–H and O–H groups in total. The van der Waals surface area contributed by atoms with E-state index < -0.39 is 0 Å². The van der Waals surface area contributed by atoms with Gasteiger partial charge in [-0.15, -0.1) is 0 Å². The molecule has 1 fully saturated rings. The van der Waals surface area contributed by atoms with Crippen molar-refractivity contribution in [2.24, 2.45) is 0 Å². The summed E-state index contributed by atoms with van der Waals surface area (Å²) in [4.78, 5) is 29.0. The highest BCUT2D eigenvalue weighted by Gasteiger charge is 2.27. The van der Waals surface area contributed by atoms with Crippen LogP contribution in [0.25, 0.3) is 0 Å². The third-order valence-corrected chi connectivity index (χ3v) is 4.80. The number of amides is 2. The minimum Gasteiger partial charge on any atom is -0.497 e. The second kappa shape index (κ2) is 8.31. The molecule has 0 aromatic heterocycles. The molecule has 0 aliphatic carbocycles. The smallest absolute Gasteiger partial charge is 0.257 e. The minimum absolute atomic E-state index is 0.0647. The number of ether oxygens (including phenoxy) is 2. The predicted molar refractivity (Wildman–Crippen MR) is 103 cm³/mol. The van der Waals surface area contributed by atoms with E-state index >= 15 is 0 Å². The Hall–Kier alpha value is -2.73. The van der Waals surface area contributed by atoms with Crippen molar-refractivity contribution >= 4 is 23.4 Å². The van der Waals surface area contributed by atoms with E-state index in [1.165, 1.54) is 7.11 Å². The van der Waals surface area contributed by atoms with Crippen molar-refractivity contribution in [3.63, 3.8) is 0 Å². The molecule has 0 atom stereocenters. The van der Waals surface area contributed by atoms with Crippen molar-refractivity contribution in [1.29, 1.82) is 0 Å². The van der Waals surface area contributed by atoms with Gasteiger partial charge in [-0.1, -0.05) is 17.7 Å². The molecule has 142 valence electrons. The largest absolute Gasteiger partial charge is 0.497 e. The molecular formula is C20H21ClN2O4. The summed E-state index contributed by atoms with van der Waals surface area (Å²) in [5.74, 6) is 0.897. The highest BCUT2D eigenvalue weighted by molar-refractivity contribution is 6.30. The maximum atomic E-state index is 12.8. The van der Waals surface area contributed by atoms with Gasteiger partial charge in [0.2, 0.25) is 0 Å². The van der Waals surface area contributed by atoms with E-state index in [4.69, 9.17) is 21.1 Å². The van der Waals surface area contributed by atoms with Crippen LogP contribution in [0.2, 0.25) is 5.02 Å². The van der Waals surface area contributed by atoms with Crippen LogP contribution in [0.3, 0.4) is 0 Å². The molecule has 0 bridgehead atoms. The standard InChI is InChI=1S/C20H21ClN2O4/c1-26-16-5-3-4-14(12-16)19(24)22-8-10-23(11-9-22)20(25)17-7-6-15(21)13-18(17)27-2/h3-7,12-13H,8-11H2,1-2H3. The second-order valence-electron chi connectivity index (χ2n) is 6.16. The van der Waals surface area contributed by atoms with E-state index in [1.54, 1.807) is 59.4 Å². The van der Waals surface area contributed by atoms with Gasteiger partial charge in [0.15, 0.2) is 0 Å². The van der Waals surface area contributed by atoms with Crippen LogP contribution >= 0.6 is 11.6 Å². The molecule has 6 nitrogen and oxygen atoms in total. The number of halogens is 1. The highest BCUT2D eigenvalue weighted by atomic mass is 35.5. The Kier molecular flexibility index (Phi) is 5.86. The Bertz CT molecular complexity index is 848. The molecule has 1 heterocycles. The van der Waals surface area contributed by atoms with Crippen molar-refractivity contribution in [2.75, 3.05) is 40.4 Å². The summed E-state index contributed by atoms with van der Waals surface area (Å²) >= 11 is 5.96. The van der Waals surface area contributed by atoms with Gasteiger partial charge >= 0.3 is 0 Å². The van der Waals surface area contributed by atoms with Crippen molar-refractivity contribution < 1.29 is 19.1 Å². The van der Waals surface area contributed by atoms with Gasteiger partial charge in [0.25, 0.3) is 11.8 Å². The number of hydrogen-bond acceptors (Lipinski definition) is 4. The molecule has 1 aliphatic rings. The lowest BCUT2D eigenvalue weighted by Gasteiger charge is -2.35. The average molecular weight is 389 g/mol. The van der Waals surface area contributed by atoms with Crippen molar-refractivity contribution in [3.05, 3.63) is 58.6 Å². The molecule has 2 amide bonds. The van der Waals surface area contributed by atoms with Crippen LogP contribution in [0.4, 0.5) is 0 Å². The number of piperazine rings is 1. The van der Waals surface area contributed by atoms with E-state index in [0.717, 1.165) is 0 Å². The molecular weight excluding hydrogens is 368 g/mol. The first-order chi connectivity index (χ1) is 13.0. The van der Waals surface area contributed by atoms with Crippen LogP contribution in [0, 0.1) is 0 Å². The van der Waals surface area contributed by atoms with Crippen LogP contribution < -0.4 is 9.47 Å².